The summed E-state index contributed by atoms with van der Waals surface area (Å²) in [4.78, 5) is 26.9. The standard InChI is InChI=1S/C25H23NO4S/c1-29-25(28)11-10-18-4-2-3-5-22(18)19-6-8-20(9-7-19)23-16-21(27)17-24(31-23)26-12-14-30-15-13-26/h2-11,16-17H,12-15H2,1H3/b11-10+. The van der Waals surface area contributed by atoms with Gasteiger partial charge < -0.3 is 14.4 Å². The molecule has 0 unspecified atom stereocenters. The fourth-order valence-electron chi connectivity index (χ4n) is 3.49. The number of anilines is 1. The lowest BCUT2D eigenvalue weighted by Crippen LogP contribution is -2.36. The number of nitrogens with zero attached hydrogens (tertiary/aromatic N) is 1. The summed E-state index contributed by atoms with van der Waals surface area (Å²) < 4.78 is 10.1. The molecule has 1 fully saturated rings. The lowest BCUT2D eigenvalue weighted by molar-refractivity contribution is -0.134. The van der Waals surface area contributed by atoms with Gasteiger partial charge in [-0.15, -0.1) is 11.3 Å². The molecule has 0 amide bonds. The first-order chi connectivity index (χ1) is 15.1. The smallest absolute Gasteiger partial charge is 0.330 e. The Hall–Kier alpha value is -3.22. The van der Waals surface area contributed by atoms with Crippen molar-refractivity contribution in [2.75, 3.05) is 38.3 Å². The SMILES string of the molecule is COC(=O)/C=C/c1ccccc1-c1ccc(-c2cc(=O)cc(N3CCOCC3)s2)cc1. The highest BCUT2D eigenvalue weighted by molar-refractivity contribution is 7.19. The number of methoxy groups -OCH3 is 1. The van der Waals surface area contributed by atoms with Gasteiger partial charge in [-0.05, 0) is 28.3 Å². The van der Waals surface area contributed by atoms with Gasteiger partial charge in [0.1, 0.15) is 0 Å². The highest BCUT2D eigenvalue weighted by Gasteiger charge is 2.14. The summed E-state index contributed by atoms with van der Waals surface area (Å²) in [6.07, 6.45) is 3.18. The Bertz CT molecular complexity index is 1140. The molecule has 1 saturated heterocycles. The van der Waals surface area contributed by atoms with Crippen molar-refractivity contribution in [1.82, 2.24) is 0 Å². The van der Waals surface area contributed by atoms with Crippen LogP contribution in [0.4, 0.5) is 5.00 Å². The number of morpholine rings is 1. The van der Waals surface area contributed by atoms with E-state index in [0.29, 0.717) is 13.2 Å². The zero-order chi connectivity index (χ0) is 21.6. The van der Waals surface area contributed by atoms with Crippen LogP contribution in [0.3, 0.4) is 0 Å². The molecule has 0 radical (unpaired) electrons. The van der Waals surface area contributed by atoms with Gasteiger partial charge in [0.25, 0.3) is 0 Å². The van der Waals surface area contributed by atoms with Crippen LogP contribution >= 0.6 is 11.3 Å². The molecule has 1 aliphatic heterocycles. The Labute approximate surface area is 185 Å². The van der Waals surface area contributed by atoms with Crippen molar-refractivity contribution in [2.24, 2.45) is 0 Å². The summed E-state index contributed by atoms with van der Waals surface area (Å²) in [6.45, 7) is 2.97. The molecule has 0 atom stereocenters. The number of carbonyl (C=O) groups is 1. The first kappa shape index (κ1) is 21.0. The van der Waals surface area contributed by atoms with Gasteiger partial charge in [-0.3, -0.25) is 4.79 Å². The Morgan fingerprint density at radius 3 is 2.48 bits per heavy atom. The Kier molecular flexibility index (Phi) is 6.60. The quantitative estimate of drug-likeness (QED) is 0.439. The van der Waals surface area contributed by atoms with Gasteiger partial charge in [0.2, 0.25) is 0 Å². The van der Waals surface area contributed by atoms with Gasteiger partial charge in [-0.1, -0.05) is 48.5 Å². The molecule has 0 spiro atoms. The van der Waals surface area contributed by atoms with Crippen LogP contribution in [0.2, 0.25) is 0 Å². The fraction of sp³-hybridized carbons (Fsp3) is 0.200. The van der Waals surface area contributed by atoms with E-state index in [1.54, 1.807) is 29.5 Å². The minimum atomic E-state index is -0.389. The summed E-state index contributed by atoms with van der Waals surface area (Å²) in [5.41, 5.74) is 4.00. The van der Waals surface area contributed by atoms with Crippen LogP contribution in [-0.4, -0.2) is 39.4 Å². The van der Waals surface area contributed by atoms with E-state index in [4.69, 9.17) is 4.74 Å². The molecule has 158 valence electrons. The minimum Gasteiger partial charge on any atom is -0.466 e. The van der Waals surface area contributed by atoms with Gasteiger partial charge in [0.15, 0.2) is 5.43 Å². The second-order valence-electron chi connectivity index (χ2n) is 7.12. The predicted octanol–water partition coefficient (Wildman–Crippen LogP) is 4.47. The Morgan fingerprint density at radius 1 is 1.03 bits per heavy atom. The molecule has 6 heteroatoms. The average molecular weight is 434 g/mol. The van der Waals surface area contributed by atoms with Gasteiger partial charge in [0.05, 0.1) is 25.3 Å². The van der Waals surface area contributed by atoms with Crippen LogP contribution < -0.4 is 10.3 Å². The van der Waals surface area contributed by atoms with Crippen LogP contribution in [0.5, 0.6) is 0 Å². The van der Waals surface area contributed by atoms with E-state index in [1.165, 1.54) is 13.2 Å². The number of carbonyl (C=O) groups excluding carboxylic acids is 1. The predicted molar refractivity (Wildman–Crippen MR) is 126 cm³/mol. The molecular weight excluding hydrogens is 410 g/mol. The molecule has 2 aromatic carbocycles. The summed E-state index contributed by atoms with van der Waals surface area (Å²) in [5.74, 6) is -0.389. The number of ether oxygens (including phenoxy) is 2. The first-order valence-corrected chi connectivity index (χ1v) is 10.9. The largest absolute Gasteiger partial charge is 0.466 e. The molecule has 1 aliphatic rings. The van der Waals surface area contributed by atoms with E-state index in [2.05, 4.69) is 9.64 Å². The summed E-state index contributed by atoms with van der Waals surface area (Å²) in [6, 6.07) is 19.4. The number of rotatable bonds is 5. The van der Waals surface area contributed by atoms with Crippen LogP contribution in [0.1, 0.15) is 5.56 Å². The van der Waals surface area contributed by atoms with E-state index in [1.807, 2.05) is 48.5 Å². The summed E-state index contributed by atoms with van der Waals surface area (Å²) in [7, 11) is 1.36. The van der Waals surface area contributed by atoms with Crippen molar-refractivity contribution < 1.29 is 14.3 Å². The molecule has 2 heterocycles. The van der Waals surface area contributed by atoms with Crippen LogP contribution in [0, 0.1) is 0 Å². The maximum absolute atomic E-state index is 12.3. The zero-order valence-corrected chi connectivity index (χ0v) is 18.1. The normalized spacial score (nSPS) is 14.0. The fourth-order valence-corrected chi connectivity index (χ4v) is 4.63. The van der Waals surface area contributed by atoms with Crippen molar-refractivity contribution in [2.45, 2.75) is 0 Å². The van der Waals surface area contributed by atoms with Crippen molar-refractivity contribution in [1.29, 1.82) is 0 Å². The second kappa shape index (κ2) is 9.73. The highest BCUT2D eigenvalue weighted by Crippen LogP contribution is 2.32. The van der Waals surface area contributed by atoms with Crippen molar-refractivity contribution in [3.05, 3.63) is 82.5 Å². The first-order valence-electron chi connectivity index (χ1n) is 10.1. The van der Waals surface area contributed by atoms with E-state index in [-0.39, 0.29) is 11.4 Å². The van der Waals surface area contributed by atoms with Crippen molar-refractivity contribution in [3.63, 3.8) is 0 Å². The Morgan fingerprint density at radius 2 is 1.74 bits per heavy atom. The van der Waals surface area contributed by atoms with Gasteiger partial charge in [-0.25, -0.2) is 4.79 Å². The maximum atomic E-state index is 12.3. The molecule has 3 aromatic rings. The number of hydrogen-bond donors (Lipinski definition) is 0. The lowest BCUT2D eigenvalue weighted by Gasteiger charge is -2.28. The third-order valence-electron chi connectivity index (χ3n) is 5.12. The zero-order valence-electron chi connectivity index (χ0n) is 17.2. The molecule has 0 saturated carbocycles. The van der Waals surface area contributed by atoms with Gasteiger partial charge in [0, 0.05) is 36.2 Å². The van der Waals surface area contributed by atoms with Crippen LogP contribution in [0.15, 0.2) is 71.5 Å². The molecule has 31 heavy (non-hydrogen) atoms. The van der Waals surface area contributed by atoms with Gasteiger partial charge in [-0.2, -0.15) is 0 Å². The third kappa shape index (κ3) is 5.10. The summed E-state index contributed by atoms with van der Waals surface area (Å²) >= 11 is 1.62. The topological polar surface area (TPSA) is 55.8 Å². The van der Waals surface area contributed by atoms with E-state index >= 15 is 0 Å². The van der Waals surface area contributed by atoms with Crippen LogP contribution in [-0.2, 0) is 14.3 Å². The number of benzene rings is 2. The third-order valence-corrected chi connectivity index (χ3v) is 6.28. The van der Waals surface area contributed by atoms with Crippen molar-refractivity contribution in [3.8, 4) is 21.6 Å². The van der Waals surface area contributed by atoms with E-state index < -0.39 is 0 Å². The monoisotopic (exact) mass is 433 g/mol. The molecule has 1 aromatic heterocycles. The Balaban J connectivity index is 1.63. The van der Waals surface area contributed by atoms with E-state index in [0.717, 1.165) is 45.2 Å². The minimum absolute atomic E-state index is 0.0117. The van der Waals surface area contributed by atoms with Gasteiger partial charge >= 0.3 is 5.97 Å². The maximum Gasteiger partial charge on any atom is 0.330 e. The molecular formula is C25H23NO4S. The molecule has 4 rings (SSSR count). The lowest BCUT2D eigenvalue weighted by atomic mass is 9.98. The average Bonchev–Trinajstić information content (AvgIpc) is 2.83. The highest BCUT2D eigenvalue weighted by atomic mass is 32.1. The number of esters is 1. The molecule has 0 bridgehead atoms. The second-order valence-corrected chi connectivity index (χ2v) is 8.18. The summed E-state index contributed by atoms with van der Waals surface area (Å²) in [5, 5.41) is 0.980. The molecule has 5 nitrogen and oxygen atoms in total. The van der Waals surface area contributed by atoms with E-state index in [9.17, 15) is 9.59 Å². The molecule has 0 aliphatic carbocycles. The number of hydrogen-bond acceptors (Lipinski definition) is 6. The van der Waals surface area contributed by atoms with Crippen molar-refractivity contribution >= 4 is 28.4 Å². The molecule has 0 N–H and O–H groups in total. The van der Waals surface area contributed by atoms with Crippen LogP contribution in [0.25, 0.3) is 27.6 Å².